The van der Waals surface area contributed by atoms with E-state index >= 15 is 0 Å². The fourth-order valence-corrected chi connectivity index (χ4v) is 3.97. The van der Waals surface area contributed by atoms with Crippen LogP contribution >= 0.6 is 0 Å². The lowest BCUT2D eigenvalue weighted by molar-refractivity contribution is 0.101. The molecule has 0 amide bonds. The van der Waals surface area contributed by atoms with Crippen LogP contribution in [0.25, 0.3) is 0 Å². The third-order valence-corrected chi connectivity index (χ3v) is 5.11. The summed E-state index contributed by atoms with van der Waals surface area (Å²) >= 11 is 0. The summed E-state index contributed by atoms with van der Waals surface area (Å²) in [6, 6.07) is 7.80. The molecule has 0 bridgehead atoms. The van der Waals surface area contributed by atoms with Gasteiger partial charge in [0.25, 0.3) is 0 Å². The maximum absolute atomic E-state index is 10.9. The Kier molecular flexibility index (Phi) is 12.6. The highest BCUT2D eigenvalue weighted by Crippen LogP contribution is 2.39. The molecular weight excluding hydrogens is 304 g/mol. The van der Waals surface area contributed by atoms with Crippen molar-refractivity contribution < 1.29 is 4.79 Å². The second-order valence-electron chi connectivity index (χ2n) is 7.83. The predicted octanol–water partition coefficient (Wildman–Crippen LogP) is 8.19. The van der Waals surface area contributed by atoms with E-state index < -0.39 is 0 Å². The summed E-state index contributed by atoms with van der Waals surface area (Å²) in [5.41, 5.74) is 2.77. The van der Waals surface area contributed by atoms with Crippen LogP contribution < -0.4 is 0 Å². The molecule has 0 atom stereocenters. The van der Waals surface area contributed by atoms with Crippen LogP contribution in [0.15, 0.2) is 24.3 Å². The van der Waals surface area contributed by atoms with Crippen LogP contribution in [0.4, 0.5) is 0 Å². The first-order chi connectivity index (χ1) is 11.9. The fourth-order valence-electron chi connectivity index (χ4n) is 3.97. The molecule has 1 heteroatoms. The van der Waals surface area contributed by atoms with Crippen LogP contribution in [0.2, 0.25) is 0 Å². The molecule has 0 fully saturated rings. The van der Waals surface area contributed by atoms with Gasteiger partial charge in [0.1, 0.15) is 0 Å². The number of Topliss-reactive ketones (excluding diaryl/α,β-unsaturated/α-hetero) is 1. The second-order valence-corrected chi connectivity index (χ2v) is 7.83. The minimum Gasteiger partial charge on any atom is -0.295 e. The molecule has 0 aliphatic rings. The van der Waals surface area contributed by atoms with Gasteiger partial charge in [-0.2, -0.15) is 0 Å². The number of rotatable bonds is 10. The van der Waals surface area contributed by atoms with Crippen molar-refractivity contribution >= 4 is 5.78 Å². The molecular formula is C24H42O. The summed E-state index contributed by atoms with van der Waals surface area (Å²) in [5.74, 6) is 0.663. The topological polar surface area (TPSA) is 17.1 Å². The number of hydrogen-bond donors (Lipinski definition) is 0. The van der Waals surface area contributed by atoms with E-state index in [0.29, 0.717) is 11.3 Å². The molecule has 25 heavy (non-hydrogen) atoms. The zero-order valence-corrected chi connectivity index (χ0v) is 18.0. The first-order valence-corrected chi connectivity index (χ1v) is 10.5. The molecule has 0 saturated carbocycles. The molecule has 0 heterocycles. The zero-order chi connectivity index (χ0) is 19.3. The van der Waals surface area contributed by atoms with Crippen molar-refractivity contribution in [1.82, 2.24) is 0 Å². The van der Waals surface area contributed by atoms with Gasteiger partial charge in [0.15, 0.2) is 5.78 Å². The molecule has 1 rings (SSSR count). The van der Waals surface area contributed by atoms with Gasteiger partial charge in [-0.15, -0.1) is 0 Å². The third kappa shape index (κ3) is 9.23. The van der Waals surface area contributed by atoms with E-state index in [4.69, 9.17) is 0 Å². The van der Waals surface area contributed by atoms with Crippen molar-refractivity contribution in [2.24, 2.45) is 5.41 Å². The lowest BCUT2D eigenvalue weighted by Gasteiger charge is -2.33. The van der Waals surface area contributed by atoms with Crippen LogP contribution in [0.5, 0.6) is 0 Å². The van der Waals surface area contributed by atoms with Gasteiger partial charge in [-0.3, -0.25) is 4.79 Å². The van der Waals surface area contributed by atoms with E-state index in [1.807, 2.05) is 24.3 Å². The maximum Gasteiger partial charge on any atom is 0.159 e. The highest BCUT2D eigenvalue weighted by molar-refractivity contribution is 5.94. The quantitative estimate of drug-likeness (QED) is 0.390. The molecule has 0 saturated heterocycles. The Morgan fingerprint density at radius 1 is 0.800 bits per heavy atom. The van der Waals surface area contributed by atoms with Crippen molar-refractivity contribution in [3.63, 3.8) is 0 Å². The van der Waals surface area contributed by atoms with Gasteiger partial charge in [0.2, 0.25) is 0 Å². The Hall–Kier alpha value is -1.11. The summed E-state index contributed by atoms with van der Waals surface area (Å²) in [6.07, 6.45) is 11.2. The first-order valence-electron chi connectivity index (χ1n) is 10.5. The molecule has 0 aliphatic heterocycles. The number of ketones is 1. The van der Waals surface area contributed by atoms with Crippen molar-refractivity contribution in [1.29, 1.82) is 0 Å². The van der Waals surface area contributed by atoms with Crippen LogP contribution in [0.1, 0.15) is 122 Å². The smallest absolute Gasteiger partial charge is 0.159 e. The highest BCUT2D eigenvalue weighted by atomic mass is 16.1. The van der Waals surface area contributed by atoms with E-state index in [-0.39, 0.29) is 5.78 Å². The van der Waals surface area contributed by atoms with Crippen molar-refractivity contribution in [2.75, 3.05) is 0 Å². The first kappa shape index (κ1) is 23.9. The molecule has 0 N–H and O–H groups in total. The van der Waals surface area contributed by atoms with Gasteiger partial charge in [0.05, 0.1) is 0 Å². The van der Waals surface area contributed by atoms with Gasteiger partial charge in [-0.05, 0) is 49.5 Å². The third-order valence-electron chi connectivity index (χ3n) is 5.11. The van der Waals surface area contributed by atoms with Crippen LogP contribution in [-0.2, 0) is 0 Å². The SMILES string of the molecule is CC(=O)c1ccc(C(C)C)cc1.CCCC(CCC)(CCC)CCC. The average Bonchev–Trinajstić information content (AvgIpc) is 2.56. The number of benzene rings is 1. The Morgan fingerprint density at radius 2 is 1.16 bits per heavy atom. The largest absolute Gasteiger partial charge is 0.295 e. The van der Waals surface area contributed by atoms with Crippen molar-refractivity contribution in [3.8, 4) is 0 Å². The maximum atomic E-state index is 10.9. The molecule has 0 unspecified atom stereocenters. The van der Waals surface area contributed by atoms with Crippen LogP contribution in [0, 0.1) is 5.41 Å². The molecule has 0 aromatic heterocycles. The number of carbonyl (C=O) groups excluding carboxylic acids is 1. The van der Waals surface area contributed by atoms with Crippen LogP contribution in [-0.4, -0.2) is 5.78 Å². The van der Waals surface area contributed by atoms with E-state index in [0.717, 1.165) is 5.56 Å². The molecule has 0 spiro atoms. The molecule has 144 valence electrons. The molecule has 0 radical (unpaired) electrons. The summed E-state index contributed by atoms with van der Waals surface area (Å²) in [6.45, 7) is 15.2. The Bertz CT molecular complexity index is 426. The van der Waals surface area contributed by atoms with Gasteiger partial charge >= 0.3 is 0 Å². The minimum absolute atomic E-state index is 0.130. The summed E-state index contributed by atoms with van der Waals surface area (Å²) < 4.78 is 0. The van der Waals surface area contributed by atoms with Crippen molar-refractivity contribution in [3.05, 3.63) is 35.4 Å². The monoisotopic (exact) mass is 346 g/mol. The summed E-state index contributed by atoms with van der Waals surface area (Å²) in [4.78, 5) is 10.9. The summed E-state index contributed by atoms with van der Waals surface area (Å²) in [5, 5.41) is 0. The van der Waals surface area contributed by atoms with Gasteiger partial charge in [-0.1, -0.05) is 91.5 Å². The van der Waals surface area contributed by atoms with Gasteiger partial charge in [-0.25, -0.2) is 0 Å². The standard InChI is InChI=1S/C13H28.C11H14O/c1-5-9-13(10-6-2,11-7-3)12-8-4;1-8(2)10-4-6-11(7-5-10)9(3)12/h5-12H2,1-4H3;4-8H,1-3H3. The fraction of sp³-hybridized carbons (Fsp3) is 0.708. The van der Waals surface area contributed by atoms with E-state index in [1.54, 1.807) is 6.92 Å². The normalized spacial score (nSPS) is 11.2. The molecule has 1 aromatic rings. The number of hydrogen-bond acceptors (Lipinski definition) is 1. The summed E-state index contributed by atoms with van der Waals surface area (Å²) in [7, 11) is 0. The molecule has 1 nitrogen and oxygen atoms in total. The Labute approximate surface area is 157 Å². The van der Waals surface area contributed by atoms with Gasteiger partial charge in [0, 0.05) is 5.56 Å². The lowest BCUT2D eigenvalue weighted by atomic mass is 9.72. The zero-order valence-electron chi connectivity index (χ0n) is 18.0. The number of carbonyl (C=O) groups is 1. The molecule has 1 aromatic carbocycles. The lowest BCUT2D eigenvalue weighted by Crippen LogP contribution is -2.20. The van der Waals surface area contributed by atoms with Crippen LogP contribution in [0.3, 0.4) is 0 Å². The minimum atomic E-state index is 0.130. The predicted molar refractivity (Wildman–Crippen MR) is 113 cm³/mol. The second kappa shape index (κ2) is 13.1. The van der Waals surface area contributed by atoms with Crippen molar-refractivity contribution in [2.45, 2.75) is 106 Å². The van der Waals surface area contributed by atoms with Gasteiger partial charge < -0.3 is 0 Å². The van der Waals surface area contributed by atoms with E-state index in [2.05, 4.69) is 41.5 Å². The average molecular weight is 347 g/mol. The Morgan fingerprint density at radius 3 is 1.40 bits per heavy atom. The Balaban J connectivity index is 0.000000462. The van der Waals surface area contributed by atoms with E-state index in [9.17, 15) is 4.79 Å². The highest BCUT2D eigenvalue weighted by Gasteiger charge is 2.25. The molecule has 0 aliphatic carbocycles. The van der Waals surface area contributed by atoms with E-state index in [1.165, 1.54) is 56.9 Å².